The second-order valence-corrected chi connectivity index (χ2v) is 6.36. The predicted octanol–water partition coefficient (Wildman–Crippen LogP) is 3.63. The Labute approximate surface area is 129 Å². The monoisotopic (exact) mass is 291 g/mol. The van der Waals surface area contributed by atoms with Gasteiger partial charge in [0.2, 0.25) is 0 Å². The molecule has 1 N–H and O–H groups in total. The smallest absolute Gasteiger partial charge is 0.119 e. The molecule has 0 radical (unpaired) electrons. The number of rotatable bonds is 8. The lowest BCUT2D eigenvalue weighted by atomic mass is 10.0. The van der Waals surface area contributed by atoms with E-state index in [4.69, 9.17) is 9.47 Å². The summed E-state index contributed by atoms with van der Waals surface area (Å²) in [5.74, 6) is 2.44. The standard InChI is InChI=1S/C18H29NO2/c1-15(2)7-12-21-18-5-3-16(4-6-18)13-19-14-17-8-10-20-11-9-17/h3-6,15,17,19H,7-14H2,1-2H3. The summed E-state index contributed by atoms with van der Waals surface area (Å²) in [6.45, 7) is 9.12. The molecule has 1 aliphatic rings. The zero-order valence-electron chi connectivity index (χ0n) is 13.4. The third-order valence-electron chi connectivity index (χ3n) is 3.99. The van der Waals surface area contributed by atoms with Gasteiger partial charge in [-0.15, -0.1) is 0 Å². The first-order valence-corrected chi connectivity index (χ1v) is 8.24. The van der Waals surface area contributed by atoms with E-state index in [0.717, 1.165) is 51.0 Å². The normalized spacial score (nSPS) is 16.3. The third-order valence-corrected chi connectivity index (χ3v) is 3.99. The summed E-state index contributed by atoms with van der Waals surface area (Å²) < 4.78 is 11.1. The molecule has 0 aromatic heterocycles. The molecule has 0 spiro atoms. The molecule has 0 bridgehead atoms. The van der Waals surface area contributed by atoms with Crippen LogP contribution in [0.1, 0.15) is 38.7 Å². The number of hydrogen-bond acceptors (Lipinski definition) is 3. The van der Waals surface area contributed by atoms with Crippen LogP contribution in [0.4, 0.5) is 0 Å². The first-order chi connectivity index (χ1) is 10.2. The molecule has 0 amide bonds. The molecule has 1 saturated heterocycles. The van der Waals surface area contributed by atoms with Crippen LogP contribution in [-0.4, -0.2) is 26.4 Å². The van der Waals surface area contributed by atoms with Crippen LogP contribution in [0.15, 0.2) is 24.3 Å². The molecule has 1 aromatic rings. The highest BCUT2D eigenvalue weighted by atomic mass is 16.5. The SMILES string of the molecule is CC(C)CCOc1ccc(CNCC2CCOCC2)cc1. The molecule has 0 atom stereocenters. The second kappa shape index (κ2) is 9.06. The molecule has 3 heteroatoms. The Bertz CT molecular complexity index is 383. The fourth-order valence-electron chi connectivity index (χ4n) is 2.49. The van der Waals surface area contributed by atoms with Crippen molar-refractivity contribution in [1.29, 1.82) is 0 Å². The van der Waals surface area contributed by atoms with Crippen LogP contribution in [0.25, 0.3) is 0 Å². The van der Waals surface area contributed by atoms with Crippen molar-refractivity contribution in [3.63, 3.8) is 0 Å². The molecule has 1 aromatic carbocycles. The average molecular weight is 291 g/mol. The van der Waals surface area contributed by atoms with Gasteiger partial charge in [-0.1, -0.05) is 26.0 Å². The Kier molecular flexibility index (Phi) is 7.04. The predicted molar refractivity (Wildman–Crippen MR) is 86.6 cm³/mol. The number of ether oxygens (including phenoxy) is 2. The fraction of sp³-hybridized carbons (Fsp3) is 0.667. The molecule has 1 heterocycles. The summed E-state index contributed by atoms with van der Waals surface area (Å²) in [5, 5.41) is 3.55. The maximum absolute atomic E-state index is 5.74. The van der Waals surface area contributed by atoms with Gasteiger partial charge in [-0.2, -0.15) is 0 Å². The molecular weight excluding hydrogens is 262 g/mol. The van der Waals surface area contributed by atoms with Gasteiger partial charge in [-0.25, -0.2) is 0 Å². The lowest BCUT2D eigenvalue weighted by Gasteiger charge is -2.22. The molecule has 0 saturated carbocycles. The first kappa shape index (κ1) is 16.3. The van der Waals surface area contributed by atoms with Crippen molar-refractivity contribution in [2.45, 2.75) is 39.7 Å². The van der Waals surface area contributed by atoms with E-state index < -0.39 is 0 Å². The van der Waals surface area contributed by atoms with E-state index in [-0.39, 0.29) is 0 Å². The summed E-state index contributed by atoms with van der Waals surface area (Å²) in [4.78, 5) is 0. The number of nitrogens with one attached hydrogen (secondary N) is 1. The lowest BCUT2D eigenvalue weighted by Crippen LogP contribution is -2.27. The summed E-state index contributed by atoms with van der Waals surface area (Å²) in [6, 6.07) is 8.46. The summed E-state index contributed by atoms with van der Waals surface area (Å²) in [5.41, 5.74) is 1.32. The lowest BCUT2D eigenvalue weighted by molar-refractivity contribution is 0.0662. The first-order valence-electron chi connectivity index (χ1n) is 8.24. The van der Waals surface area contributed by atoms with Crippen molar-refractivity contribution in [3.05, 3.63) is 29.8 Å². The van der Waals surface area contributed by atoms with Gasteiger partial charge in [0, 0.05) is 19.8 Å². The van der Waals surface area contributed by atoms with Gasteiger partial charge < -0.3 is 14.8 Å². The minimum atomic E-state index is 0.693. The van der Waals surface area contributed by atoms with Crippen LogP contribution >= 0.6 is 0 Å². The summed E-state index contributed by atoms with van der Waals surface area (Å²) >= 11 is 0. The van der Waals surface area contributed by atoms with Crippen molar-refractivity contribution in [3.8, 4) is 5.75 Å². The van der Waals surface area contributed by atoms with Crippen molar-refractivity contribution in [2.75, 3.05) is 26.4 Å². The highest BCUT2D eigenvalue weighted by molar-refractivity contribution is 5.27. The Hall–Kier alpha value is -1.06. The van der Waals surface area contributed by atoms with Gasteiger partial charge in [0.1, 0.15) is 5.75 Å². The van der Waals surface area contributed by atoms with Crippen molar-refractivity contribution < 1.29 is 9.47 Å². The Morgan fingerprint density at radius 3 is 2.57 bits per heavy atom. The number of hydrogen-bond donors (Lipinski definition) is 1. The van der Waals surface area contributed by atoms with Gasteiger partial charge >= 0.3 is 0 Å². The van der Waals surface area contributed by atoms with Crippen LogP contribution in [0.2, 0.25) is 0 Å². The van der Waals surface area contributed by atoms with E-state index in [2.05, 4.69) is 43.4 Å². The summed E-state index contributed by atoms with van der Waals surface area (Å²) in [6.07, 6.45) is 3.49. The van der Waals surface area contributed by atoms with Gasteiger partial charge in [-0.05, 0) is 55.3 Å². The minimum absolute atomic E-state index is 0.693. The van der Waals surface area contributed by atoms with E-state index in [0.29, 0.717) is 5.92 Å². The Morgan fingerprint density at radius 1 is 1.19 bits per heavy atom. The molecule has 118 valence electrons. The van der Waals surface area contributed by atoms with E-state index in [1.807, 2.05) is 0 Å². The van der Waals surface area contributed by atoms with E-state index >= 15 is 0 Å². The van der Waals surface area contributed by atoms with Crippen molar-refractivity contribution in [1.82, 2.24) is 5.32 Å². The van der Waals surface area contributed by atoms with Crippen LogP contribution in [0.3, 0.4) is 0 Å². The zero-order chi connectivity index (χ0) is 14.9. The van der Waals surface area contributed by atoms with Gasteiger partial charge in [0.05, 0.1) is 6.61 Å². The molecule has 2 rings (SSSR count). The van der Waals surface area contributed by atoms with Gasteiger partial charge in [0.15, 0.2) is 0 Å². The van der Waals surface area contributed by atoms with E-state index in [1.165, 1.54) is 18.4 Å². The minimum Gasteiger partial charge on any atom is -0.494 e. The van der Waals surface area contributed by atoms with Crippen LogP contribution in [0.5, 0.6) is 5.75 Å². The summed E-state index contributed by atoms with van der Waals surface area (Å²) in [7, 11) is 0. The zero-order valence-corrected chi connectivity index (χ0v) is 13.4. The Balaban J connectivity index is 1.64. The highest BCUT2D eigenvalue weighted by Crippen LogP contribution is 2.15. The van der Waals surface area contributed by atoms with Crippen LogP contribution in [-0.2, 0) is 11.3 Å². The second-order valence-electron chi connectivity index (χ2n) is 6.36. The average Bonchev–Trinajstić information content (AvgIpc) is 2.50. The Morgan fingerprint density at radius 2 is 1.90 bits per heavy atom. The molecule has 1 fully saturated rings. The van der Waals surface area contributed by atoms with E-state index in [1.54, 1.807) is 0 Å². The molecular formula is C18H29NO2. The molecule has 0 unspecified atom stereocenters. The van der Waals surface area contributed by atoms with Gasteiger partial charge in [0.25, 0.3) is 0 Å². The molecule has 3 nitrogen and oxygen atoms in total. The van der Waals surface area contributed by atoms with Crippen molar-refractivity contribution >= 4 is 0 Å². The van der Waals surface area contributed by atoms with Crippen LogP contribution < -0.4 is 10.1 Å². The van der Waals surface area contributed by atoms with E-state index in [9.17, 15) is 0 Å². The molecule has 1 aliphatic heterocycles. The maximum Gasteiger partial charge on any atom is 0.119 e. The largest absolute Gasteiger partial charge is 0.494 e. The molecule has 21 heavy (non-hydrogen) atoms. The topological polar surface area (TPSA) is 30.5 Å². The van der Waals surface area contributed by atoms with Gasteiger partial charge in [-0.3, -0.25) is 0 Å². The third kappa shape index (κ3) is 6.49. The maximum atomic E-state index is 5.74. The highest BCUT2D eigenvalue weighted by Gasteiger charge is 2.12. The fourth-order valence-corrected chi connectivity index (χ4v) is 2.49. The number of benzene rings is 1. The molecule has 0 aliphatic carbocycles. The van der Waals surface area contributed by atoms with Crippen LogP contribution in [0, 0.1) is 11.8 Å². The quantitative estimate of drug-likeness (QED) is 0.793. The van der Waals surface area contributed by atoms with Crippen molar-refractivity contribution in [2.24, 2.45) is 11.8 Å².